The van der Waals surface area contributed by atoms with Crippen LogP contribution in [0, 0.1) is 0 Å². The number of methoxy groups -OCH3 is 1. The molecule has 30 heavy (non-hydrogen) atoms. The van der Waals surface area contributed by atoms with Gasteiger partial charge in [0.05, 0.1) is 20.3 Å². The molecule has 1 aliphatic rings. The van der Waals surface area contributed by atoms with Gasteiger partial charge in [0.2, 0.25) is 0 Å². The van der Waals surface area contributed by atoms with Crippen LogP contribution >= 0.6 is 0 Å². The molecule has 0 fully saturated rings. The summed E-state index contributed by atoms with van der Waals surface area (Å²) in [6, 6.07) is 13.5. The summed E-state index contributed by atoms with van der Waals surface area (Å²) < 4.78 is 10.8. The van der Waals surface area contributed by atoms with Gasteiger partial charge >= 0.3 is 0 Å². The summed E-state index contributed by atoms with van der Waals surface area (Å²) in [5, 5.41) is 0. The van der Waals surface area contributed by atoms with Gasteiger partial charge in [-0.3, -0.25) is 20.4 Å². The van der Waals surface area contributed by atoms with E-state index in [9.17, 15) is 9.59 Å². The Kier molecular flexibility index (Phi) is 7.32. The van der Waals surface area contributed by atoms with Gasteiger partial charge in [0.25, 0.3) is 11.8 Å². The number of hydrogen-bond acceptors (Lipinski definition) is 5. The van der Waals surface area contributed by atoms with Crippen molar-refractivity contribution in [2.24, 2.45) is 0 Å². The summed E-state index contributed by atoms with van der Waals surface area (Å²) in [5.74, 6) is 0.551. The Labute approximate surface area is 176 Å². The van der Waals surface area contributed by atoms with E-state index in [4.69, 9.17) is 9.47 Å². The van der Waals surface area contributed by atoms with Crippen molar-refractivity contribution in [2.45, 2.75) is 19.8 Å². The largest absolute Gasteiger partial charge is 0.493 e. The maximum Gasteiger partial charge on any atom is 0.262 e. The third kappa shape index (κ3) is 5.53. The third-order valence-corrected chi connectivity index (χ3v) is 4.78. The minimum absolute atomic E-state index is 0.192. The van der Waals surface area contributed by atoms with E-state index in [2.05, 4.69) is 16.9 Å². The van der Waals surface area contributed by atoms with Crippen LogP contribution in [-0.2, 0) is 16.0 Å². The number of aryl methyl sites for hydroxylation is 1. The molecule has 2 amide bonds. The van der Waals surface area contributed by atoms with Crippen molar-refractivity contribution in [3.8, 4) is 11.5 Å². The zero-order chi connectivity index (χ0) is 21.3. The van der Waals surface area contributed by atoms with Crippen LogP contribution in [0.1, 0.15) is 24.5 Å². The summed E-state index contributed by atoms with van der Waals surface area (Å²) in [4.78, 5) is 26.4. The molecule has 7 heteroatoms. The number of hydrazine groups is 1. The van der Waals surface area contributed by atoms with Crippen LogP contribution in [0.15, 0.2) is 48.5 Å². The predicted molar refractivity (Wildman–Crippen MR) is 116 cm³/mol. The van der Waals surface area contributed by atoms with E-state index in [1.54, 1.807) is 25.3 Å². The Morgan fingerprint density at radius 2 is 1.97 bits per heavy atom. The molecule has 7 nitrogen and oxygen atoms in total. The van der Waals surface area contributed by atoms with E-state index in [0.29, 0.717) is 18.1 Å². The summed E-state index contributed by atoms with van der Waals surface area (Å²) in [6.45, 7) is 3.41. The van der Waals surface area contributed by atoms with Gasteiger partial charge in [-0.05, 0) is 55.2 Å². The smallest absolute Gasteiger partial charge is 0.262 e. The normalized spacial score (nSPS) is 12.9. The molecule has 0 bridgehead atoms. The molecule has 0 saturated carbocycles. The van der Waals surface area contributed by atoms with E-state index in [1.807, 2.05) is 36.1 Å². The molecular formula is C23H27N3O4. The lowest BCUT2D eigenvalue weighted by molar-refractivity contribution is -0.125. The first-order valence-corrected chi connectivity index (χ1v) is 10.0. The van der Waals surface area contributed by atoms with Gasteiger partial charge in [-0.25, -0.2) is 0 Å². The van der Waals surface area contributed by atoms with Gasteiger partial charge in [0.15, 0.2) is 11.5 Å². The fourth-order valence-electron chi connectivity index (χ4n) is 3.40. The molecule has 0 saturated heterocycles. The van der Waals surface area contributed by atoms with Crippen LogP contribution in [0.25, 0.3) is 6.08 Å². The summed E-state index contributed by atoms with van der Waals surface area (Å²) in [6.07, 6.45) is 5.02. The van der Waals surface area contributed by atoms with Crippen LogP contribution in [-0.4, -0.2) is 38.6 Å². The van der Waals surface area contributed by atoms with Crippen molar-refractivity contribution >= 4 is 23.6 Å². The van der Waals surface area contributed by atoms with Gasteiger partial charge in [-0.2, -0.15) is 0 Å². The third-order valence-electron chi connectivity index (χ3n) is 4.78. The summed E-state index contributed by atoms with van der Waals surface area (Å²) in [7, 11) is 1.58. The first-order valence-electron chi connectivity index (χ1n) is 10.0. The molecular weight excluding hydrogens is 382 g/mol. The van der Waals surface area contributed by atoms with Gasteiger partial charge < -0.3 is 14.4 Å². The lowest BCUT2D eigenvalue weighted by atomic mass is 10.0. The maximum atomic E-state index is 12.3. The molecule has 0 atom stereocenters. The number of para-hydroxylation sites is 1. The lowest BCUT2D eigenvalue weighted by Gasteiger charge is -2.30. The molecule has 0 spiro atoms. The van der Waals surface area contributed by atoms with Crippen molar-refractivity contribution in [3.63, 3.8) is 0 Å². The topological polar surface area (TPSA) is 79.9 Å². The second-order valence-electron chi connectivity index (χ2n) is 6.87. The summed E-state index contributed by atoms with van der Waals surface area (Å²) >= 11 is 0. The molecule has 2 N–H and O–H groups in total. The van der Waals surface area contributed by atoms with Crippen LogP contribution in [0.2, 0.25) is 0 Å². The average molecular weight is 409 g/mol. The molecule has 2 aromatic rings. The number of carbonyl (C=O) groups is 2. The monoisotopic (exact) mass is 409 g/mol. The van der Waals surface area contributed by atoms with E-state index in [-0.39, 0.29) is 12.5 Å². The number of amides is 2. The highest BCUT2D eigenvalue weighted by Crippen LogP contribution is 2.28. The number of benzene rings is 2. The maximum absolute atomic E-state index is 12.3. The first-order chi connectivity index (χ1) is 14.6. The highest BCUT2D eigenvalue weighted by molar-refractivity contribution is 5.93. The number of nitrogens with one attached hydrogen (secondary N) is 2. The standard InChI is InChI=1S/C23H27N3O4/c1-3-30-21-15-17(10-12-20(21)29-2)11-13-22(27)24-25-23(28)16-26-14-6-8-18-7-4-5-9-19(18)26/h4-5,7,9-13,15H,3,6,8,14,16H2,1-2H3,(H,24,27)(H,25,28)/b13-11+. The average Bonchev–Trinajstić information content (AvgIpc) is 2.77. The molecule has 0 aromatic heterocycles. The Bertz CT molecular complexity index is 926. The Balaban J connectivity index is 1.51. The minimum Gasteiger partial charge on any atom is -0.493 e. The zero-order valence-corrected chi connectivity index (χ0v) is 17.3. The number of rotatable bonds is 7. The van der Waals surface area contributed by atoms with Gasteiger partial charge in [-0.1, -0.05) is 24.3 Å². The Hall–Kier alpha value is -3.48. The quantitative estimate of drug-likeness (QED) is 0.543. The number of fused-ring (bicyclic) bond motifs is 1. The van der Waals surface area contributed by atoms with Crippen molar-refractivity contribution < 1.29 is 19.1 Å². The van der Waals surface area contributed by atoms with E-state index in [1.165, 1.54) is 11.6 Å². The van der Waals surface area contributed by atoms with E-state index < -0.39 is 5.91 Å². The van der Waals surface area contributed by atoms with Crippen LogP contribution in [0.5, 0.6) is 11.5 Å². The van der Waals surface area contributed by atoms with Crippen molar-refractivity contribution in [2.75, 3.05) is 31.7 Å². The van der Waals surface area contributed by atoms with Gasteiger partial charge in [-0.15, -0.1) is 0 Å². The van der Waals surface area contributed by atoms with Crippen LogP contribution in [0.3, 0.4) is 0 Å². The van der Waals surface area contributed by atoms with Crippen LogP contribution < -0.4 is 25.2 Å². The number of hydrogen-bond donors (Lipinski definition) is 2. The molecule has 158 valence electrons. The molecule has 0 radical (unpaired) electrons. The molecule has 0 unspecified atom stereocenters. The molecule has 1 heterocycles. The molecule has 1 aliphatic heterocycles. The number of ether oxygens (including phenoxy) is 2. The molecule has 0 aliphatic carbocycles. The zero-order valence-electron chi connectivity index (χ0n) is 17.3. The number of anilines is 1. The fourth-order valence-corrected chi connectivity index (χ4v) is 3.40. The van der Waals surface area contributed by atoms with Gasteiger partial charge in [0, 0.05) is 18.3 Å². The first kappa shape index (κ1) is 21.2. The van der Waals surface area contributed by atoms with E-state index >= 15 is 0 Å². The van der Waals surface area contributed by atoms with Crippen molar-refractivity contribution in [3.05, 3.63) is 59.7 Å². The highest BCUT2D eigenvalue weighted by atomic mass is 16.5. The Morgan fingerprint density at radius 1 is 1.13 bits per heavy atom. The second kappa shape index (κ2) is 10.3. The lowest BCUT2D eigenvalue weighted by Crippen LogP contribution is -2.47. The minimum atomic E-state index is -0.420. The van der Waals surface area contributed by atoms with Crippen molar-refractivity contribution in [1.82, 2.24) is 10.9 Å². The Morgan fingerprint density at radius 3 is 2.77 bits per heavy atom. The SMILES string of the molecule is CCOc1cc(/C=C/C(=O)NNC(=O)CN2CCCc3ccccc32)ccc1OC. The van der Waals surface area contributed by atoms with E-state index in [0.717, 1.165) is 30.6 Å². The summed E-state index contributed by atoms with van der Waals surface area (Å²) in [5.41, 5.74) is 8.00. The predicted octanol–water partition coefficient (Wildman–Crippen LogP) is 2.71. The van der Waals surface area contributed by atoms with Crippen molar-refractivity contribution in [1.29, 1.82) is 0 Å². The fraction of sp³-hybridized carbons (Fsp3) is 0.304. The second-order valence-corrected chi connectivity index (χ2v) is 6.87. The molecule has 2 aromatic carbocycles. The number of carbonyl (C=O) groups excluding carboxylic acids is 2. The highest BCUT2D eigenvalue weighted by Gasteiger charge is 2.18. The number of nitrogens with zero attached hydrogens (tertiary/aromatic N) is 1. The van der Waals surface area contributed by atoms with Gasteiger partial charge in [0.1, 0.15) is 0 Å². The molecule has 3 rings (SSSR count). The van der Waals surface area contributed by atoms with Crippen LogP contribution in [0.4, 0.5) is 5.69 Å².